The minimum Gasteiger partial charge on any atom is -0.144 e. The van der Waals surface area contributed by atoms with Crippen LogP contribution in [0.25, 0.3) is 10.4 Å². The van der Waals surface area contributed by atoms with E-state index in [0.29, 0.717) is 0 Å². The van der Waals surface area contributed by atoms with E-state index in [9.17, 15) is 0 Å². The summed E-state index contributed by atoms with van der Waals surface area (Å²) < 4.78 is 0. The van der Waals surface area contributed by atoms with Gasteiger partial charge in [-0.2, -0.15) is 0 Å². The van der Waals surface area contributed by atoms with E-state index in [1.165, 1.54) is 52.3 Å². The molecule has 0 nitrogen and oxygen atoms in total. The van der Waals surface area contributed by atoms with Crippen molar-refractivity contribution in [3.63, 3.8) is 0 Å². The Bertz CT molecular complexity index is 1280. The highest BCUT2D eigenvalue weighted by atomic mass is 32.2. The molecule has 4 aromatic rings. The van der Waals surface area contributed by atoms with Gasteiger partial charge in [0.2, 0.25) is 0 Å². The molecule has 0 atom stereocenters. The zero-order valence-corrected chi connectivity index (χ0v) is 20.6. The van der Waals surface area contributed by atoms with Crippen molar-refractivity contribution in [3.8, 4) is 10.4 Å². The van der Waals surface area contributed by atoms with Crippen molar-refractivity contribution < 1.29 is 0 Å². The van der Waals surface area contributed by atoms with Gasteiger partial charge in [-0.15, -0.1) is 11.3 Å². The molecule has 1 aromatic heterocycles. The Hall–Kier alpha value is -2.46. The molecule has 3 aromatic carbocycles. The van der Waals surface area contributed by atoms with Gasteiger partial charge >= 0.3 is 0 Å². The van der Waals surface area contributed by atoms with Gasteiger partial charge in [0, 0.05) is 24.5 Å². The van der Waals surface area contributed by atoms with Crippen LogP contribution in [0.5, 0.6) is 0 Å². The van der Waals surface area contributed by atoms with Crippen LogP contribution in [0.2, 0.25) is 0 Å². The Balaban J connectivity index is 1.44. The summed E-state index contributed by atoms with van der Waals surface area (Å²) in [6, 6.07) is 33.0. The van der Waals surface area contributed by atoms with Crippen LogP contribution in [0.15, 0.2) is 116 Å². The fraction of sp³-hybridized carbons (Fsp3) is 0.103. The molecule has 0 N–H and O–H groups in total. The van der Waals surface area contributed by atoms with Crippen LogP contribution in [0.1, 0.15) is 22.3 Å². The van der Waals surface area contributed by atoms with Gasteiger partial charge in [0.25, 0.3) is 0 Å². The van der Waals surface area contributed by atoms with Crippen LogP contribution in [0, 0.1) is 13.8 Å². The maximum Gasteiger partial charge on any atom is 0.0347 e. The quantitative estimate of drug-likeness (QED) is 0.259. The van der Waals surface area contributed by atoms with Gasteiger partial charge in [-0.3, -0.25) is 0 Å². The van der Waals surface area contributed by atoms with E-state index in [0.717, 1.165) is 6.42 Å². The molecular weight excluding hydrogens is 445 g/mol. The maximum absolute atomic E-state index is 2.38. The Labute approximate surface area is 203 Å². The second-order valence-corrected chi connectivity index (χ2v) is 11.1. The number of rotatable bonds is 3. The lowest BCUT2D eigenvalue weighted by Crippen LogP contribution is -1.99. The summed E-state index contributed by atoms with van der Waals surface area (Å²) in [5.41, 5.74) is 6.85. The normalized spacial score (nSPS) is 11.9. The maximum atomic E-state index is 2.38. The first-order valence-electron chi connectivity index (χ1n) is 10.7. The monoisotopic (exact) mass is 468 g/mol. The van der Waals surface area contributed by atoms with Crippen molar-refractivity contribution in [1.82, 2.24) is 0 Å². The van der Waals surface area contributed by atoms with Gasteiger partial charge in [-0.1, -0.05) is 72.1 Å². The second-order valence-electron chi connectivity index (χ2n) is 7.94. The molecule has 0 unspecified atom stereocenters. The van der Waals surface area contributed by atoms with Gasteiger partial charge < -0.3 is 0 Å². The molecule has 0 radical (unpaired) electrons. The first-order valence-corrected chi connectivity index (χ1v) is 13.2. The molecule has 5 rings (SSSR count). The van der Waals surface area contributed by atoms with Crippen molar-refractivity contribution in [3.05, 3.63) is 119 Å². The van der Waals surface area contributed by atoms with Crippen LogP contribution >= 0.6 is 34.9 Å². The fourth-order valence-corrected chi connectivity index (χ4v) is 7.16. The fourth-order valence-electron chi connectivity index (χ4n) is 4.11. The Morgan fingerprint density at radius 1 is 0.656 bits per heavy atom. The molecule has 1 aliphatic heterocycles. The van der Waals surface area contributed by atoms with Crippen LogP contribution in [-0.2, 0) is 6.42 Å². The third-order valence-corrected chi connectivity index (χ3v) is 8.64. The average Bonchev–Trinajstić information content (AvgIpc) is 2.91. The van der Waals surface area contributed by atoms with E-state index in [4.69, 9.17) is 0 Å². The zero-order chi connectivity index (χ0) is 21.9. The predicted octanol–water partition coefficient (Wildman–Crippen LogP) is 9.36. The summed E-state index contributed by atoms with van der Waals surface area (Å²) in [7, 11) is 0. The molecule has 32 heavy (non-hydrogen) atoms. The van der Waals surface area contributed by atoms with E-state index in [1.807, 2.05) is 23.5 Å². The van der Waals surface area contributed by atoms with Gasteiger partial charge in [-0.05, 0) is 95.9 Å². The zero-order valence-electron chi connectivity index (χ0n) is 18.2. The number of hydrogen-bond acceptors (Lipinski definition) is 3. The summed E-state index contributed by atoms with van der Waals surface area (Å²) >= 11 is 5.54. The first kappa shape index (κ1) is 21.4. The van der Waals surface area contributed by atoms with E-state index in [-0.39, 0.29) is 0 Å². The lowest BCUT2D eigenvalue weighted by molar-refractivity contribution is 1.04. The highest BCUT2D eigenvalue weighted by Crippen LogP contribution is 2.42. The molecule has 1 aliphatic rings. The van der Waals surface area contributed by atoms with Crippen molar-refractivity contribution in [2.45, 2.75) is 39.9 Å². The summed E-state index contributed by atoms with van der Waals surface area (Å²) in [4.78, 5) is 6.67. The van der Waals surface area contributed by atoms with E-state index < -0.39 is 0 Å². The van der Waals surface area contributed by atoms with E-state index in [2.05, 4.69) is 110 Å². The largest absolute Gasteiger partial charge is 0.144 e. The topological polar surface area (TPSA) is 0 Å². The Morgan fingerprint density at radius 3 is 2.25 bits per heavy atom. The molecule has 2 heterocycles. The van der Waals surface area contributed by atoms with E-state index in [1.54, 1.807) is 11.3 Å². The average molecular weight is 469 g/mol. The van der Waals surface area contributed by atoms with Crippen LogP contribution in [0.4, 0.5) is 0 Å². The molecule has 0 bridgehead atoms. The summed E-state index contributed by atoms with van der Waals surface area (Å²) in [6.45, 7) is 4.46. The number of aryl methyl sites for hydroxylation is 2. The molecule has 0 fully saturated rings. The molecule has 0 saturated carbocycles. The van der Waals surface area contributed by atoms with E-state index >= 15 is 0 Å². The van der Waals surface area contributed by atoms with Gasteiger partial charge in [-0.25, -0.2) is 0 Å². The third kappa shape index (κ3) is 4.66. The lowest BCUT2D eigenvalue weighted by atomic mass is 10.0. The number of fused-ring (bicyclic) bond motifs is 2. The minimum absolute atomic E-state index is 1.02. The van der Waals surface area contributed by atoms with Gasteiger partial charge in [0.15, 0.2) is 0 Å². The standard InChI is InChI=1S/C29H24S3/c1-20-16-25(17-21(2)29(20)28-12-6-4-3-5-9-15-30-28)31-24-13-14-27-23(19-24)18-22-10-7-8-11-26(22)32-27/h3-17,19H,18H2,1-2H3. The lowest BCUT2D eigenvalue weighted by Gasteiger charge is -2.19. The highest BCUT2D eigenvalue weighted by molar-refractivity contribution is 8.00. The number of hydrogen-bond donors (Lipinski definition) is 0. The van der Waals surface area contributed by atoms with Crippen LogP contribution in [0.3, 0.4) is 0 Å². The van der Waals surface area contributed by atoms with Crippen molar-refractivity contribution in [2.75, 3.05) is 0 Å². The molecule has 3 heteroatoms. The summed E-state index contributed by atoms with van der Waals surface area (Å²) in [6.07, 6.45) is 1.02. The molecule has 0 spiro atoms. The third-order valence-electron chi connectivity index (χ3n) is 5.56. The predicted molar refractivity (Wildman–Crippen MR) is 141 cm³/mol. The Morgan fingerprint density at radius 2 is 1.38 bits per heavy atom. The smallest absolute Gasteiger partial charge is 0.0347 e. The highest BCUT2D eigenvalue weighted by Gasteiger charge is 2.16. The molecule has 158 valence electrons. The Kier molecular flexibility index (Phi) is 6.40. The van der Waals surface area contributed by atoms with Gasteiger partial charge in [0.05, 0.1) is 0 Å². The second kappa shape index (κ2) is 9.58. The number of benzene rings is 3. The van der Waals surface area contributed by atoms with Crippen LogP contribution in [-0.4, -0.2) is 0 Å². The first-order chi connectivity index (χ1) is 15.7. The van der Waals surface area contributed by atoms with Crippen molar-refractivity contribution in [1.29, 1.82) is 0 Å². The molecule has 0 amide bonds. The van der Waals surface area contributed by atoms with Crippen LogP contribution < -0.4 is 0 Å². The summed E-state index contributed by atoms with van der Waals surface area (Å²) in [5.74, 6) is 0. The van der Waals surface area contributed by atoms with Crippen molar-refractivity contribution >= 4 is 34.9 Å². The molecular formula is C29H24S3. The minimum atomic E-state index is 1.02. The summed E-state index contributed by atoms with van der Waals surface area (Å²) in [5, 5.41) is 2.15. The van der Waals surface area contributed by atoms with Crippen molar-refractivity contribution in [2.24, 2.45) is 0 Å². The SMILES string of the molecule is Cc1cc(Sc2ccc3c(c2)Cc2ccccc2S3)cc(C)c1-c1cccccccs1. The molecule has 0 saturated heterocycles. The van der Waals surface area contributed by atoms with Gasteiger partial charge in [0.1, 0.15) is 0 Å². The molecule has 0 aliphatic carbocycles.